The van der Waals surface area contributed by atoms with Gasteiger partial charge in [0.15, 0.2) is 14.6 Å². The Morgan fingerprint density at radius 2 is 1.81 bits per heavy atom. The molecule has 0 saturated carbocycles. The van der Waals surface area contributed by atoms with Crippen LogP contribution in [0, 0.1) is 0 Å². The van der Waals surface area contributed by atoms with Gasteiger partial charge in [-0.2, -0.15) is 0 Å². The van der Waals surface area contributed by atoms with Gasteiger partial charge in [0.2, 0.25) is 0 Å². The lowest BCUT2D eigenvalue weighted by Crippen LogP contribution is -2.54. The van der Waals surface area contributed by atoms with Gasteiger partial charge in [-0.1, -0.05) is 42.0 Å². The Hall–Kier alpha value is -3.14. The third-order valence-corrected chi connectivity index (χ3v) is 9.17. The first-order valence-electron chi connectivity index (χ1n) is 12.0. The molecule has 2 aliphatic heterocycles. The summed E-state index contributed by atoms with van der Waals surface area (Å²) in [6, 6.07) is 16.4. The molecule has 2 aromatic carbocycles. The number of amides is 1. The molecule has 192 valence electrons. The summed E-state index contributed by atoms with van der Waals surface area (Å²) in [7, 11) is -1.98. The fraction of sp³-hybridized carbons (Fsp3) is 0.370. The molecule has 0 aliphatic carbocycles. The van der Waals surface area contributed by atoms with E-state index in [1.54, 1.807) is 12.1 Å². The van der Waals surface area contributed by atoms with Gasteiger partial charge in [-0.3, -0.25) is 10.0 Å². The van der Waals surface area contributed by atoms with Gasteiger partial charge in [-0.05, 0) is 61.1 Å². The minimum atomic E-state index is -4.05. The van der Waals surface area contributed by atoms with E-state index in [9.17, 15) is 18.4 Å². The quantitative estimate of drug-likeness (QED) is 0.301. The number of hydrogen-bond acceptors (Lipinski definition) is 7. The number of benzene rings is 2. The van der Waals surface area contributed by atoms with Crippen molar-refractivity contribution >= 4 is 21.3 Å². The molecule has 2 N–H and O–H groups in total. The average molecular weight is 513 g/mol. The standard InChI is InChI=1S/C27H32N2O6S/c1-29-19-21(18-23(20-29)22-7-3-2-4-8-22)6-5-15-35-24-9-11-25(12-10-24)36(32,33)27(26(30)28-31)13-16-34-17-14-27/h2-4,7-12,18,20,31H,5-6,13-17,19H2,1H3,(H,28,30). The van der Waals surface area contributed by atoms with E-state index in [0.29, 0.717) is 12.4 Å². The Labute approximate surface area is 212 Å². The highest BCUT2D eigenvalue weighted by Gasteiger charge is 2.52. The highest BCUT2D eigenvalue weighted by atomic mass is 32.2. The van der Waals surface area contributed by atoms with Gasteiger partial charge in [-0.25, -0.2) is 13.9 Å². The van der Waals surface area contributed by atoms with Gasteiger partial charge >= 0.3 is 0 Å². The van der Waals surface area contributed by atoms with E-state index in [2.05, 4.69) is 36.4 Å². The van der Waals surface area contributed by atoms with E-state index in [1.165, 1.54) is 34.3 Å². The molecule has 36 heavy (non-hydrogen) atoms. The van der Waals surface area contributed by atoms with Gasteiger partial charge < -0.3 is 14.4 Å². The number of ether oxygens (including phenoxy) is 2. The maximum Gasteiger partial charge on any atom is 0.265 e. The molecule has 8 nitrogen and oxygen atoms in total. The zero-order valence-electron chi connectivity index (χ0n) is 20.4. The predicted molar refractivity (Wildman–Crippen MR) is 136 cm³/mol. The monoisotopic (exact) mass is 512 g/mol. The number of sulfone groups is 1. The fourth-order valence-electron chi connectivity index (χ4n) is 4.70. The highest BCUT2D eigenvalue weighted by Crippen LogP contribution is 2.36. The van der Waals surface area contributed by atoms with Crippen molar-refractivity contribution in [3.8, 4) is 5.75 Å². The molecule has 0 atom stereocenters. The molecule has 1 amide bonds. The van der Waals surface area contributed by atoms with Crippen molar-refractivity contribution in [3.63, 3.8) is 0 Å². The van der Waals surface area contributed by atoms with Crippen molar-refractivity contribution in [1.82, 2.24) is 10.4 Å². The van der Waals surface area contributed by atoms with Crippen LogP contribution in [0.5, 0.6) is 5.75 Å². The lowest BCUT2D eigenvalue weighted by molar-refractivity contribution is -0.134. The van der Waals surface area contributed by atoms with Crippen LogP contribution in [0.15, 0.2) is 77.3 Å². The van der Waals surface area contributed by atoms with E-state index in [1.807, 2.05) is 18.2 Å². The van der Waals surface area contributed by atoms with E-state index in [-0.39, 0.29) is 31.0 Å². The second kappa shape index (κ2) is 11.3. The second-order valence-electron chi connectivity index (χ2n) is 9.14. The molecule has 0 spiro atoms. The van der Waals surface area contributed by atoms with E-state index < -0.39 is 20.5 Å². The topological polar surface area (TPSA) is 105 Å². The predicted octanol–water partition coefficient (Wildman–Crippen LogP) is 3.59. The number of rotatable bonds is 9. The maximum atomic E-state index is 13.3. The van der Waals surface area contributed by atoms with Crippen LogP contribution in [0.1, 0.15) is 31.2 Å². The SMILES string of the molecule is CN1C=C(c2ccccc2)C=C(CCCOc2ccc(S(=O)(=O)C3(C(=O)NO)CCOCC3)cc2)C1. The molecule has 2 aromatic rings. The Kier molecular flexibility index (Phi) is 8.13. The molecule has 2 heterocycles. The van der Waals surface area contributed by atoms with Gasteiger partial charge in [0.25, 0.3) is 5.91 Å². The van der Waals surface area contributed by atoms with Gasteiger partial charge in [-0.15, -0.1) is 0 Å². The number of likely N-dealkylation sites (N-methyl/N-ethyl adjacent to an activating group) is 1. The van der Waals surface area contributed by atoms with Gasteiger partial charge in [0.1, 0.15) is 5.75 Å². The maximum absolute atomic E-state index is 13.3. The first kappa shape index (κ1) is 25.9. The molecular weight excluding hydrogens is 480 g/mol. The van der Waals surface area contributed by atoms with Crippen LogP contribution in [-0.2, 0) is 19.4 Å². The van der Waals surface area contributed by atoms with Gasteiger partial charge in [0, 0.05) is 33.0 Å². The third-order valence-electron chi connectivity index (χ3n) is 6.65. The molecule has 0 aromatic heterocycles. The Morgan fingerprint density at radius 3 is 2.47 bits per heavy atom. The molecule has 0 unspecified atom stereocenters. The van der Waals surface area contributed by atoms with Crippen LogP contribution >= 0.6 is 0 Å². The summed E-state index contributed by atoms with van der Waals surface area (Å²) in [5, 5.41) is 9.17. The van der Waals surface area contributed by atoms with Crippen LogP contribution in [0.2, 0.25) is 0 Å². The third kappa shape index (κ3) is 5.48. The molecule has 1 fully saturated rings. The average Bonchev–Trinajstić information content (AvgIpc) is 2.91. The van der Waals surface area contributed by atoms with Crippen molar-refractivity contribution in [2.45, 2.75) is 35.3 Å². The number of carbonyl (C=O) groups is 1. The first-order valence-corrected chi connectivity index (χ1v) is 13.5. The summed E-state index contributed by atoms with van der Waals surface area (Å²) < 4.78 is 36.0. The molecule has 1 saturated heterocycles. The first-order chi connectivity index (χ1) is 17.4. The van der Waals surface area contributed by atoms with E-state index >= 15 is 0 Å². The molecule has 0 bridgehead atoms. The van der Waals surface area contributed by atoms with Gasteiger partial charge in [0.05, 0.1) is 11.5 Å². The Balaban J connectivity index is 1.35. The van der Waals surface area contributed by atoms with Crippen LogP contribution in [0.4, 0.5) is 0 Å². The summed E-state index contributed by atoms with van der Waals surface area (Å²) in [5.41, 5.74) is 5.23. The van der Waals surface area contributed by atoms with Crippen molar-refractivity contribution < 1.29 is 27.9 Å². The number of allylic oxidation sites excluding steroid dienone is 2. The summed E-state index contributed by atoms with van der Waals surface area (Å²) >= 11 is 0. The van der Waals surface area contributed by atoms with Crippen molar-refractivity contribution in [1.29, 1.82) is 0 Å². The summed E-state index contributed by atoms with van der Waals surface area (Å²) in [6.45, 7) is 1.62. The largest absolute Gasteiger partial charge is 0.494 e. The van der Waals surface area contributed by atoms with E-state index in [0.717, 1.165) is 19.4 Å². The number of nitrogens with one attached hydrogen (secondary N) is 1. The lowest BCUT2D eigenvalue weighted by Gasteiger charge is -2.34. The molecule has 2 aliphatic rings. The number of nitrogens with zero attached hydrogens (tertiary/aromatic N) is 1. The fourth-order valence-corrected chi connectivity index (χ4v) is 6.64. The van der Waals surface area contributed by atoms with Crippen LogP contribution in [0.3, 0.4) is 0 Å². The van der Waals surface area contributed by atoms with Crippen LogP contribution in [-0.4, -0.2) is 62.6 Å². The normalized spacial score (nSPS) is 17.7. The van der Waals surface area contributed by atoms with Crippen LogP contribution < -0.4 is 10.2 Å². The van der Waals surface area contributed by atoms with E-state index in [4.69, 9.17) is 9.47 Å². The summed E-state index contributed by atoms with van der Waals surface area (Å²) in [4.78, 5) is 14.6. The zero-order chi connectivity index (χ0) is 25.6. The highest BCUT2D eigenvalue weighted by molar-refractivity contribution is 7.93. The Morgan fingerprint density at radius 1 is 1.11 bits per heavy atom. The van der Waals surface area contributed by atoms with Crippen molar-refractivity contribution in [3.05, 3.63) is 78.0 Å². The number of hydrogen-bond donors (Lipinski definition) is 2. The van der Waals surface area contributed by atoms with Crippen LogP contribution in [0.25, 0.3) is 5.57 Å². The molecule has 0 radical (unpaired) electrons. The minimum Gasteiger partial charge on any atom is -0.494 e. The lowest BCUT2D eigenvalue weighted by atomic mass is 9.98. The second-order valence-corrected chi connectivity index (χ2v) is 11.4. The summed E-state index contributed by atoms with van der Waals surface area (Å²) in [6.07, 6.45) is 6.06. The van der Waals surface area contributed by atoms with Crippen molar-refractivity contribution in [2.75, 3.05) is 33.4 Å². The summed E-state index contributed by atoms with van der Waals surface area (Å²) in [5.74, 6) is -0.375. The zero-order valence-corrected chi connectivity index (χ0v) is 21.2. The molecule has 9 heteroatoms. The van der Waals surface area contributed by atoms with Crippen molar-refractivity contribution in [2.24, 2.45) is 0 Å². The Bertz CT molecular complexity index is 1220. The minimum absolute atomic E-state index is 0.0102. The molecular formula is C27H32N2O6S. The molecule has 4 rings (SSSR count). The number of hydroxylamine groups is 1. The number of carbonyl (C=O) groups excluding carboxylic acids is 1. The smallest absolute Gasteiger partial charge is 0.265 e.